The van der Waals surface area contributed by atoms with E-state index in [1.165, 1.54) is 24.9 Å². The van der Waals surface area contributed by atoms with E-state index >= 15 is 0 Å². The summed E-state index contributed by atoms with van der Waals surface area (Å²) in [6.07, 6.45) is 3.57. The van der Waals surface area contributed by atoms with Crippen LogP contribution in [0.25, 0.3) is 11.1 Å². The molecular weight excluding hydrogens is 236 g/mol. The van der Waals surface area contributed by atoms with Gasteiger partial charge in [0.2, 0.25) is 0 Å². The van der Waals surface area contributed by atoms with Gasteiger partial charge in [0.05, 0.1) is 0 Å². The second-order valence-electron chi connectivity index (χ2n) is 5.82. The normalized spacial score (nSPS) is 21.7. The molecule has 1 fully saturated rings. The smallest absolute Gasteiger partial charge is 0.195 e. The van der Waals surface area contributed by atoms with Gasteiger partial charge in [-0.05, 0) is 56.3 Å². The number of hydrogen-bond donors (Lipinski definition) is 1. The summed E-state index contributed by atoms with van der Waals surface area (Å²) < 4.78 is 5.88. The molecule has 2 unspecified atom stereocenters. The first kappa shape index (κ1) is 12.7. The van der Waals surface area contributed by atoms with E-state index in [0.717, 1.165) is 35.9 Å². The SMILES string of the molecule is Cc1cccc2oc(CC(C)C3CCCNC3)nc12. The number of oxazole rings is 1. The molecule has 102 valence electrons. The van der Waals surface area contributed by atoms with Crippen LogP contribution in [0.15, 0.2) is 22.6 Å². The van der Waals surface area contributed by atoms with Crippen molar-refractivity contribution < 1.29 is 4.42 Å². The van der Waals surface area contributed by atoms with Gasteiger partial charge in [0.25, 0.3) is 0 Å². The van der Waals surface area contributed by atoms with Gasteiger partial charge in [-0.2, -0.15) is 0 Å². The zero-order chi connectivity index (χ0) is 13.2. The van der Waals surface area contributed by atoms with E-state index in [4.69, 9.17) is 4.42 Å². The molecule has 2 aromatic rings. The molecule has 1 N–H and O–H groups in total. The van der Waals surface area contributed by atoms with Gasteiger partial charge in [-0.15, -0.1) is 0 Å². The van der Waals surface area contributed by atoms with E-state index < -0.39 is 0 Å². The van der Waals surface area contributed by atoms with Crippen molar-refractivity contribution in [1.29, 1.82) is 0 Å². The first-order valence-electron chi connectivity index (χ1n) is 7.30. The van der Waals surface area contributed by atoms with Crippen LogP contribution in [0.2, 0.25) is 0 Å². The number of nitrogens with one attached hydrogen (secondary N) is 1. The molecule has 1 aliphatic heterocycles. The summed E-state index contributed by atoms with van der Waals surface area (Å²) in [7, 11) is 0. The summed E-state index contributed by atoms with van der Waals surface area (Å²) in [5, 5.41) is 3.49. The van der Waals surface area contributed by atoms with Gasteiger partial charge < -0.3 is 9.73 Å². The fourth-order valence-corrected chi connectivity index (χ4v) is 3.03. The average Bonchev–Trinajstić information content (AvgIpc) is 2.84. The van der Waals surface area contributed by atoms with E-state index in [0.29, 0.717) is 5.92 Å². The minimum atomic E-state index is 0.626. The lowest BCUT2D eigenvalue weighted by molar-refractivity contribution is 0.267. The third-order valence-electron chi connectivity index (χ3n) is 4.30. The topological polar surface area (TPSA) is 38.1 Å². The first-order valence-corrected chi connectivity index (χ1v) is 7.30. The largest absolute Gasteiger partial charge is 0.441 e. The van der Waals surface area contributed by atoms with Crippen LogP contribution in [0.3, 0.4) is 0 Å². The summed E-state index contributed by atoms with van der Waals surface area (Å²) in [6, 6.07) is 6.12. The molecule has 0 aliphatic carbocycles. The fraction of sp³-hybridized carbons (Fsp3) is 0.562. The van der Waals surface area contributed by atoms with Crippen molar-refractivity contribution in [2.75, 3.05) is 13.1 Å². The average molecular weight is 258 g/mol. The minimum absolute atomic E-state index is 0.626. The third-order valence-corrected chi connectivity index (χ3v) is 4.30. The highest BCUT2D eigenvalue weighted by molar-refractivity contribution is 5.76. The number of benzene rings is 1. The monoisotopic (exact) mass is 258 g/mol. The van der Waals surface area contributed by atoms with Crippen LogP contribution in [-0.2, 0) is 6.42 Å². The number of fused-ring (bicyclic) bond motifs is 1. The Morgan fingerprint density at radius 3 is 3.11 bits per heavy atom. The molecule has 1 aromatic heterocycles. The Balaban J connectivity index is 1.75. The Bertz CT molecular complexity index is 555. The van der Waals surface area contributed by atoms with Gasteiger partial charge in [0, 0.05) is 6.42 Å². The van der Waals surface area contributed by atoms with Gasteiger partial charge in [-0.3, -0.25) is 0 Å². The Hall–Kier alpha value is -1.35. The number of nitrogens with zero attached hydrogens (tertiary/aromatic N) is 1. The summed E-state index contributed by atoms with van der Waals surface area (Å²) >= 11 is 0. The lowest BCUT2D eigenvalue weighted by Crippen LogP contribution is -2.33. The summed E-state index contributed by atoms with van der Waals surface area (Å²) in [5.74, 6) is 2.27. The number of aryl methyl sites for hydroxylation is 1. The fourth-order valence-electron chi connectivity index (χ4n) is 3.03. The third kappa shape index (κ3) is 2.66. The van der Waals surface area contributed by atoms with Crippen LogP contribution in [0.1, 0.15) is 31.2 Å². The highest BCUT2D eigenvalue weighted by Gasteiger charge is 2.22. The zero-order valence-electron chi connectivity index (χ0n) is 11.8. The first-order chi connectivity index (χ1) is 9.24. The van der Waals surface area contributed by atoms with E-state index in [1.807, 2.05) is 12.1 Å². The van der Waals surface area contributed by atoms with Gasteiger partial charge in [0.15, 0.2) is 11.5 Å². The minimum Gasteiger partial charge on any atom is -0.441 e. The van der Waals surface area contributed by atoms with E-state index in [-0.39, 0.29) is 0 Å². The molecule has 1 saturated heterocycles. The molecule has 0 saturated carbocycles. The molecule has 0 bridgehead atoms. The van der Waals surface area contributed by atoms with E-state index in [9.17, 15) is 0 Å². The molecule has 2 atom stereocenters. The van der Waals surface area contributed by atoms with Crippen molar-refractivity contribution in [2.24, 2.45) is 11.8 Å². The van der Waals surface area contributed by atoms with Crippen LogP contribution < -0.4 is 5.32 Å². The molecule has 0 amide bonds. The Morgan fingerprint density at radius 2 is 2.37 bits per heavy atom. The molecule has 1 aromatic carbocycles. The second-order valence-corrected chi connectivity index (χ2v) is 5.82. The predicted molar refractivity (Wildman–Crippen MR) is 77.2 cm³/mol. The lowest BCUT2D eigenvalue weighted by atomic mass is 9.85. The van der Waals surface area contributed by atoms with Crippen molar-refractivity contribution in [3.63, 3.8) is 0 Å². The maximum Gasteiger partial charge on any atom is 0.195 e. The molecule has 3 nitrogen and oxygen atoms in total. The van der Waals surface area contributed by atoms with Crippen LogP contribution in [0.5, 0.6) is 0 Å². The van der Waals surface area contributed by atoms with Gasteiger partial charge in [-0.25, -0.2) is 4.98 Å². The quantitative estimate of drug-likeness (QED) is 0.917. The van der Waals surface area contributed by atoms with Crippen molar-refractivity contribution in [2.45, 2.75) is 33.1 Å². The maximum absolute atomic E-state index is 5.88. The predicted octanol–water partition coefficient (Wildman–Crippen LogP) is 3.31. The molecule has 3 rings (SSSR count). The number of hydrogen-bond acceptors (Lipinski definition) is 3. The van der Waals surface area contributed by atoms with Gasteiger partial charge >= 0.3 is 0 Å². The molecule has 2 heterocycles. The van der Waals surface area contributed by atoms with Gasteiger partial charge in [-0.1, -0.05) is 19.1 Å². The van der Waals surface area contributed by atoms with Crippen molar-refractivity contribution in [1.82, 2.24) is 10.3 Å². The molecule has 19 heavy (non-hydrogen) atoms. The number of piperidine rings is 1. The summed E-state index contributed by atoms with van der Waals surface area (Å²) in [4.78, 5) is 4.66. The van der Waals surface area contributed by atoms with Crippen LogP contribution in [0.4, 0.5) is 0 Å². The Kier molecular flexibility index (Phi) is 3.56. The summed E-state index contributed by atoms with van der Waals surface area (Å²) in [6.45, 7) is 6.72. The Morgan fingerprint density at radius 1 is 1.47 bits per heavy atom. The van der Waals surface area contributed by atoms with E-state index in [1.54, 1.807) is 0 Å². The molecule has 1 aliphatic rings. The van der Waals surface area contributed by atoms with E-state index in [2.05, 4.69) is 30.2 Å². The van der Waals surface area contributed by atoms with Crippen molar-refractivity contribution in [3.05, 3.63) is 29.7 Å². The van der Waals surface area contributed by atoms with Crippen LogP contribution in [0, 0.1) is 18.8 Å². The van der Waals surface area contributed by atoms with Crippen molar-refractivity contribution >= 4 is 11.1 Å². The van der Waals surface area contributed by atoms with Gasteiger partial charge in [0.1, 0.15) is 5.52 Å². The highest BCUT2D eigenvalue weighted by Crippen LogP contribution is 2.25. The number of aromatic nitrogens is 1. The maximum atomic E-state index is 5.88. The number of rotatable bonds is 3. The molecule has 0 spiro atoms. The Labute approximate surface area is 114 Å². The number of para-hydroxylation sites is 1. The molecular formula is C16H22N2O. The van der Waals surface area contributed by atoms with Crippen LogP contribution in [-0.4, -0.2) is 18.1 Å². The van der Waals surface area contributed by atoms with Crippen LogP contribution >= 0.6 is 0 Å². The molecule has 3 heteroatoms. The zero-order valence-corrected chi connectivity index (χ0v) is 11.8. The summed E-state index contributed by atoms with van der Waals surface area (Å²) in [5.41, 5.74) is 3.13. The molecule has 0 radical (unpaired) electrons. The highest BCUT2D eigenvalue weighted by atomic mass is 16.3. The van der Waals surface area contributed by atoms with Crippen molar-refractivity contribution in [3.8, 4) is 0 Å². The lowest BCUT2D eigenvalue weighted by Gasteiger charge is -2.27. The standard InChI is InChI=1S/C16H22N2O/c1-11-5-3-7-14-16(11)18-15(19-14)9-12(2)13-6-4-8-17-10-13/h3,5,7,12-13,17H,4,6,8-10H2,1-2H3. The second kappa shape index (κ2) is 5.33.